The molecule has 0 aliphatic rings. The summed E-state index contributed by atoms with van der Waals surface area (Å²) in [6.45, 7) is 5.02. The van der Waals surface area contributed by atoms with Crippen molar-refractivity contribution < 1.29 is 9.47 Å². The smallest absolute Gasteiger partial charge is 0.324 e. The molecule has 0 aliphatic heterocycles. The summed E-state index contributed by atoms with van der Waals surface area (Å²) in [5.74, 6) is 0.454. The average Bonchev–Trinajstić information content (AvgIpc) is 2.36. The predicted molar refractivity (Wildman–Crippen MR) is 69.0 cm³/mol. The van der Waals surface area contributed by atoms with Crippen molar-refractivity contribution in [3.8, 4) is 12.0 Å². The molecule has 0 unspecified atom stereocenters. The van der Waals surface area contributed by atoms with E-state index in [-0.39, 0.29) is 16.8 Å². The minimum absolute atomic E-state index is 0.104. The van der Waals surface area contributed by atoms with E-state index >= 15 is 0 Å². The third-order valence-electron chi connectivity index (χ3n) is 2.18. The van der Waals surface area contributed by atoms with Gasteiger partial charge in [0.05, 0.1) is 14.2 Å². The molecule has 7 heteroatoms. The minimum Gasteiger partial charge on any atom is -0.467 e. The van der Waals surface area contributed by atoms with E-state index in [1.54, 1.807) is 11.8 Å². The first kappa shape index (κ1) is 13.8. The van der Waals surface area contributed by atoms with E-state index in [1.807, 2.05) is 0 Å². The van der Waals surface area contributed by atoms with Gasteiger partial charge in [-0.25, -0.2) is 0 Å². The van der Waals surface area contributed by atoms with Crippen molar-refractivity contribution in [3.63, 3.8) is 0 Å². The molecule has 96 valence electrons. The minimum atomic E-state index is 0.104. The summed E-state index contributed by atoms with van der Waals surface area (Å²) in [7, 11) is 3.01. The van der Waals surface area contributed by atoms with E-state index in [2.05, 4.69) is 40.4 Å². The molecular formula is C10H18N4O2S. The number of rotatable bonds is 6. The van der Waals surface area contributed by atoms with Gasteiger partial charge in [-0.2, -0.15) is 21.7 Å². The van der Waals surface area contributed by atoms with E-state index in [1.165, 1.54) is 14.2 Å². The third kappa shape index (κ3) is 4.26. The van der Waals surface area contributed by atoms with Gasteiger partial charge in [0.15, 0.2) is 0 Å². The molecule has 0 aliphatic carbocycles. The molecule has 0 saturated carbocycles. The molecule has 0 radical (unpaired) electrons. The first-order valence-electron chi connectivity index (χ1n) is 5.14. The van der Waals surface area contributed by atoms with Crippen LogP contribution in [0, 0.1) is 0 Å². The predicted octanol–water partition coefficient (Wildman–Crippen LogP) is 1.44. The molecule has 1 aromatic heterocycles. The Bertz CT molecular complexity index is 351. The Hall–Kier alpha value is -1.24. The van der Waals surface area contributed by atoms with Crippen LogP contribution in [-0.2, 0) is 0 Å². The molecule has 1 aromatic rings. The number of nitrogens with one attached hydrogen (secondary N) is 1. The maximum Gasteiger partial charge on any atom is 0.324 e. The molecule has 0 aromatic carbocycles. The van der Waals surface area contributed by atoms with Crippen LogP contribution < -0.4 is 14.8 Å². The van der Waals surface area contributed by atoms with Gasteiger partial charge in [-0.1, -0.05) is 0 Å². The average molecular weight is 258 g/mol. The molecule has 0 saturated heterocycles. The van der Waals surface area contributed by atoms with E-state index in [0.29, 0.717) is 5.95 Å². The van der Waals surface area contributed by atoms with Gasteiger partial charge < -0.3 is 14.8 Å². The van der Waals surface area contributed by atoms with Gasteiger partial charge in [0, 0.05) is 11.3 Å². The normalized spacial score (nSPS) is 11.1. The second-order valence-electron chi connectivity index (χ2n) is 3.95. The summed E-state index contributed by atoms with van der Waals surface area (Å²) < 4.78 is 10.0. The lowest BCUT2D eigenvalue weighted by Gasteiger charge is -2.22. The second kappa shape index (κ2) is 5.90. The fraction of sp³-hybridized carbons (Fsp3) is 0.700. The standard InChI is InChI=1S/C10H18N4O2S/c1-10(2,17-5)6-11-7-12-8(15-3)14-9(13-7)16-4/h6H2,1-5H3,(H,11,12,13,14). The Balaban J connectivity index is 2.76. The number of hydrogen-bond donors (Lipinski definition) is 1. The summed E-state index contributed by atoms with van der Waals surface area (Å²) in [6, 6.07) is 0.475. The van der Waals surface area contributed by atoms with Crippen LogP contribution in [0.25, 0.3) is 0 Å². The maximum atomic E-state index is 4.97. The molecule has 0 bridgehead atoms. The van der Waals surface area contributed by atoms with Crippen molar-refractivity contribution in [2.45, 2.75) is 18.6 Å². The van der Waals surface area contributed by atoms with Crippen LogP contribution >= 0.6 is 11.8 Å². The topological polar surface area (TPSA) is 69.2 Å². The lowest BCUT2D eigenvalue weighted by atomic mass is 10.2. The van der Waals surface area contributed by atoms with Gasteiger partial charge in [0.1, 0.15) is 0 Å². The van der Waals surface area contributed by atoms with Gasteiger partial charge in [0.25, 0.3) is 0 Å². The fourth-order valence-corrected chi connectivity index (χ4v) is 1.18. The highest BCUT2D eigenvalue weighted by atomic mass is 32.2. The van der Waals surface area contributed by atoms with Crippen molar-refractivity contribution in [1.82, 2.24) is 15.0 Å². The van der Waals surface area contributed by atoms with Crippen molar-refractivity contribution in [2.24, 2.45) is 0 Å². The van der Waals surface area contributed by atoms with Crippen molar-refractivity contribution in [2.75, 3.05) is 32.3 Å². The first-order valence-corrected chi connectivity index (χ1v) is 6.36. The second-order valence-corrected chi connectivity index (χ2v) is 5.46. The van der Waals surface area contributed by atoms with E-state index in [4.69, 9.17) is 9.47 Å². The molecule has 0 fully saturated rings. The van der Waals surface area contributed by atoms with E-state index in [0.717, 1.165) is 6.54 Å². The van der Waals surface area contributed by atoms with Crippen LogP contribution in [0.1, 0.15) is 13.8 Å². The Morgan fingerprint density at radius 1 is 1.12 bits per heavy atom. The number of methoxy groups -OCH3 is 2. The summed E-state index contributed by atoms with van der Waals surface area (Å²) in [6.07, 6.45) is 2.07. The van der Waals surface area contributed by atoms with Crippen LogP contribution in [0.4, 0.5) is 5.95 Å². The van der Waals surface area contributed by atoms with Crippen LogP contribution in [0.15, 0.2) is 0 Å². The molecule has 1 rings (SSSR count). The summed E-state index contributed by atoms with van der Waals surface area (Å²) in [5.41, 5.74) is 0. The lowest BCUT2D eigenvalue weighted by molar-refractivity contribution is 0.341. The number of anilines is 1. The van der Waals surface area contributed by atoms with Gasteiger partial charge in [-0.05, 0) is 20.1 Å². The Morgan fingerprint density at radius 2 is 1.65 bits per heavy atom. The van der Waals surface area contributed by atoms with Crippen LogP contribution in [0.5, 0.6) is 12.0 Å². The Labute approximate surface area is 106 Å². The molecule has 17 heavy (non-hydrogen) atoms. The summed E-state index contributed by atoms with van der Waals surface area (Å²) >= 11 is 1.77. The molecule has 0 atom stereocenters. The lowest BCUT2D eigenvalue weighted by Crippen LogP contribution is -2.26. The highest BCUT2D eigenvalue weighted by Crippen LogP contribution is 2.21. The number of aromatic nitrogens is 3. The molecule has 1 N–H and O–H groups in total. The quantitative estimate of drug-likeness (QED) is 0.828. The highest BCUT2D eigenvalue weighted by molar-refractivity contribution is 7.99. The zero-order valence-electron chi connectivity index (χ0n) is 10.8. The van der Waals surface area contributed by atoms with E-state index in [9.17, 15) is 0 Å². The van der Waals surface area contributed by atoms with E-state index < -0.39 is 0 Å². The van der Waals surface area contributed by atoms with Crippen molar-refractivity contribution in [3.05, 3.63) is 0 Å². The highest BCUT2D eigenvalue weighted by Gasteiger charge is 2.16. The fourth-order valence-electron chi connectivity index (χ4n) is 0.964. The zero-order chi connectivity index (χ0) is 12.9. The summed E-state index contributed by atoms with van der Waals surface area (Å²) in [5, 5.41) is 3.14. The maximum absolute atomic E-state index is 4.97. The monoisotopic (exact) mass is 258 g/mol. The largest absolute Gasteiger partial charge is 0.467 e. The summed E-state index contributed by atoms with van der Waals surface area (Å²) in [4.78, 5) is 12.1. The van der Waals surface area contributed by atoms with Crippen LogP contribution in [0.2, 0.25) is 0 Å². The number of nitrogens with zero attached hydrogens (tertiary/aromatic N) is 3. The number of hydrogen-bond acceptors (Lipinski definition) is 7. The third-order valence-corrected chi connectivity index (χ3v) is 3.43. The zero-order valence-corrected chi connectivity index (χ0v) is 11.6. The van der Waals surface area contributed by atoms with Gasteiger partial charge >= 0.3 is 12.0 Å². The first-order chi connectivity index (χ1) is 8.00. The van der Waals surface area contributed by atoms with Gasteiger partial charge in [-0.3, -0.25) is 0 Å². The van der Waals surface area contributed by atoms with Gasteiger partial charge in [-0.15, -0.1) is 4.98 Å². The number of thioether (sulfide) groups is 1. The molecule has 6 nitrogen and oxygen atoms in total. The Morgan fingerprint density at radius 3 is 2.06 bits per heavy atom. The van der Waals surface area contributed by atoms with Crippen LogP contribution in [-0.4, -0.2) is 46.7 Å². The number of ether oxygens (including phenoxy) is 2. The van der Waals surface area contributed by atoms with Gasteiger partial charge in [0.2, 0.25) is 5.95 Å². The Kier molecular flexibility index (Phi) is 4.80. The molecule has 0 amide bonds. The molecule has 1 heterocycles. The van der Waals surface area contributed by atoms with Crippen molar-refractivity contribution in [1.29, 1.82) is 0 Å². The molecule has 0 spiro atoms. The SMILES string of the molecule is COc1nc(NCC(C)(C)SC)nc(OC)n1. The molecular weight excluding hydrogens is 240 g/mol. The van der Waals surface area contributed by atoms with Crippen LogP contribution in [0.3, 0.4) is 0 Å². The van der Waals surface area contributed by atoms with Crippen molar-refractivity contribution >= 4 is 17.7 Å².